The fraction of sp³-hybridized carbons (Fsp3) is 0.500. The summed E-state index contributed by atoms with van der Waals surface area (Å²) in [5.74, 6) is 1.54. The summed E-state index contributed by atoms with van der Waals surface area (Å²) in [6.07, 6.45) is 0. The third-order valence-corrected chi connectivity index (χ3v) is 2.34. The molecule has 1 aromatic carbocycles. The van der Waals surface area contributed by atoms with Crippen LogP contribution in [0.5, 0.6) is 11.5 Å². The predicted octanol–water partition coefficient (Wildman–Crippen LogP) is 1.17. The topological polar surface area (TPSA) is 50.7 Å². The van der Waals surface area contributed by atoms with E-state index in [0.29, 0.717) is 6.54 Å². The average Bonchev–Trinajstić information content (AvgIpc) is 2.35. The van der Waals surface area contributed by atoms with Gasteiger partial charge in [-0.25, -0.2) is 0 Å². The predicted molar refractivity (Wildman–Crippen MR) is 62.9 cm³/mol. The van der Waals surface area contributed by atoms with Crippen LogP contribution in [0.1, 0.15) is 12.5 Å². The van der Waals surface area contributed by atoms with Crippen LogP contribution < -0.4 is 14.8 Å². The van der Waals surface area contributed by atoms with Crippen LogP contribution in [-0.2, 0) is 6.54 Å². The number of aliphatic hydroxyl groups excluding tert-OH is 1. The Morgan fingerprint density at radius 3 is 2.19 bits per heavy atom. The van der Waals surface area contributed by atoms with Crippen molar-refractivity contribution in [3.05, 3.63) is 23.8 Å². The maximum Gasteiger partial charge on any atom is 0.122 e. The molecule has 0 amide bonds. The highest BCUT2D eigenvalue weighted by atomic mass is 16.5. The van der Waals surface area contributed by atoms with Crippen LogP contribution in [0.2, 0.25) is 0 Å². The van der Waals surface area contributed by atoms with Crippen molar-refractivity contribution in [3.63, 3.8) is 0 Å². The Labute approximate surface area is 96.2 Å². The summed E-state index contributed by atoms with van der Waals surface area (Å²) in [5, 5.41) is 12.1. The average molecular weight is 225 g/mol. The highest BCUT2D eigenvalue weighted by molar-refractivity contribution is 5.38. The molecule has 1 atom stereocenters. The van der Waals surface area contributed by atoms with Crippen LogP contribution in [0.3, 0.4) is 0 Å². The third-order valence-electron chi connectivity index (χ3n) is 2.34. The molecule has 0 saturated heterocycles. The van der Waals surface area contributed by atoms with E-state index < -0.39 is 0 Å². The maximum atomic E-state index is 8.90. The van der Waals surface area contributed by atoms with E-state index in [1.807, 2.05) is 25.1 Å². The summed E-state index contributed by atoms with van der Waals surface area (Å²) in [6.45, 7) is 2.73. The largest absolute Gasteiger partial charge is 0.497 e. The molecule has 0 aliphatic heterocycles. The van der Waals surface area contributed by atoms with E-state index in [2.05, 4.69) is 5.32 Å². The van der Waals surface area contributed by atoms with Gasteiger partial charge in [-0.2, -0.15) is 0 Å². The number of nitrogens with one attached hydrogen (secondary N) is 1. The first-order valence-electron chi connectivity index (χ1n) is 5.25. The van der Waals surface area contributed by atoms with E-state index in [-0.39, 0.29) is 12.6 Å². The molecular weight excluding hydrogens is 206 g/mol. The lowest BCUT2D eigenvalue weighted by Gasteiger charge is -2.12. The second-order valence-electron chi connectivity index (χ2n) is 3.69. The Kier molecular flexibility index (Phi) is 5.08. The molecule has 0 saturated carbocycles. The molecule has 0 aliphatic carbocycles. The summed E-state index contributed by atoms with van der Waals surface area (Å²) < 4.78 is 10.3. The quantitative estimate of drug-likeness (QED) is 0.763. The van der Waals surface area contributed by atoms with Gasteiger partial charge in [-0.3, -0.25) is 0 Å². The minimum atomic E-state index is 0.0807. The fourth-order valence-electron chi connectivity index (χ4n) is 1.33. The van der Waals surface area contributed by atoms with Crippen LogP contribution in [-0.4, -0.2) is 32.0 Å². The van der Waals surface area contributed by atoms with Gasteiger partial charge in [0.25, 0.3) is 0 Å². The number of rotatable bonds is 6. The van der Waals surface area contributed by atoms with Crippen molar-refractivity contribution in [1.82, 2.24) is 5.32 Å². The fourth-order valence-corrected chi connectivity index (χ4v) is 1.33. The van der Waals surface area contributed by atoms with E-state index in [4.69, 9.17) is 14.6 Å². The molecule has 0 heterocycles. The van der Waals surface area contributed by atoms with E-state index in [1.54, 1.807) is 14.2 Å². The van der Waals surface area contributed by atoms with E-state index in [9.17, 15) is 0 Å². The van der Waals surface area contributed by atoms with Crippen molar-refractivity contribution < 1.29 is 14.6 Å². The molecule has 0 aromatic heterocycles. The molecule has 0 aliphatic rings. The molecule has 90 valence electrons. The van der Waals surface area contributed by atoms with Crippen LogP contribution >= 0.6 is 0 Å². The monoisotopic (exact) mass is 225 g/mol. The summed E-state index contributed by atoms with van der Waals surface area (Å²) in [6, 6.07) is 5.80. The normalized spacial score (nSPS) is 12.2. The highest BCUT2D eigenvalue weighted by Crippen LogP contribution is 2.22. The van der Waals surface area contributed by atoms with Gasteiger partial charge in [0.2, 0.25) is 0 Å². The number of methoxy groups -OCH3 is 2. The Morgan fingerprint density at radius 2 is 1.75 bits per heavy atom. The highest BCUT2D eigenvalue weighted by Gasteiger charge is 2.03. The molecule has 0 radical (unpaired) electrons. The zero-order chi connectivity index (χ0) is 12.0. The lowest BCUT2D eigenvalue weighted by Crippen LogP contribution is -2.28. The SMILES string of the molecule is COc1cc(CN[C@H](C)CO)cc(OC)c1. The Hall–Kier alpha value is -1.26. The van der Waals surface area contributed by atoms with Crippen LogP contribution in [0.15, 0.2) is 18.2 Å². The van der Waals surface area contributed by atoms with Gasteiger partial charge in [0.1, 0.15) is 11.5 Å². The number of hydrogen-bond donors (Lipinski definition) is 2. The number of ether oxygens (including phenoxy) is 2. The molecule has 1 aromatic rings. The molecule has 0 bridgehead atoms. The summed E-state index contributed by atoms with van der Waals surface area (Å²) in [7, 11) is 3.25. The first-order chi connectivity index (χ1) is 7.69. The first-order valence-corrected chi connectivity index (χ1v) is 5.25. The minimum absolute atomic E-state index is 0.0807. The van der Waals surface area contributed by atoms with Gasteiger partial charge in [-0.1, -0.05) is 0 Å². The van der Waals surface area contributed by atoms with Crippen molar-refractivity contribution in [2.24, 2.45) is 0 Å². The molecule has 1 rings (SSSR count). The molecule has 4 nitrogen and oxygen atoms in total. The first kappa shape index (κ1) is 12.8. The smallest absolute Gasteiger partial charge is 0.122 e. The molecule has 2 N–H and O–H groups in total. The minimum Gasteiger partial charge on any atom is -0.497 e. The number of benzene rings is 1. The molecule has 4 heteroatoms. The van der Waals surface area contributed by atoms with Gasteiger partial charge < -0.3 is 19.9 Å². The van der Waals surface area contributed by atoms with Crippen molar-refractivity contribution >= 4 is 0 Å². The zero-order valence-corrected chi connectivity index (χ0v) is 9.99. The van der Waals surface area contributed by atoms with Crippen molar-refractivity contribution in [3.8, 4) is 11.5 Å². The lowest BCUT2D eigenvalue weighted by molar-refractivity contribution is 0.251. The van der Waals surface area contributed by atoms with Crippen molar-refractivity contribution in [1.29, 1.82) is 0 Å². The van der Waals surface area contributed by atoms with Crippen molar-refractivity contribution in [2.75, 3.05) is 20.8 Å². The Balaban J connectivity index is 2.71. The summed E-state index contributed by atoms with van der Waals surface area (Å²) >= 11 is 0. The van der Waals surface area contributed by atoms with Crippen LogP contribution in [0.4, 0.5) is 0 Å². The molecule has 16 heavy (non-hydrogen) atoms. The molecular formula is C12H19NO3. The molecule has 0 fully saturated rings. The molecule has 0 spiro atoms. The van der Waals surface area contributed by atoms with Crippen LogP contribution in [0.25, 0.3) is 0 Å². The van der Waals surface area contributed by atoms with Gasteiger partial charge >= 0.3 is 0 Å². The second-order valence-corrected chi connectivity index (χ2v) is 3.69. The summed E-state index contributed by atoms with van der Waals surface area (Å²) in [4.78, 5) is 0. The van der Waals surface area contributed by atoms with Gasteiger partial charge in [-0.05, 0) is 24.6 Å². The lowest BCUT2D eigenvalue weighted by atomic mass is 10.2. The number of hydrogen-bond acceptors (Lipinski definition) is 4. The van der Waals surface area contributed by atoms with E-state index in [0.717, 1.165) is 17.1 Å². The maximum absolute atomic E-state index is 8.90. The Bertz CT molecular complexity index is 306. The second kappa shape index (κ2) is 6.35. The standard InChI is InChI=1S/C12H19NO3/c1-9(8-14)13-7-10-4-11(15-2)6-12(5-10)16-3/h4-6,9,13-14H,7-8H2,1-3H3/t9-/m1/s1. The van der Waals surface area contributed by atoms with Gasteiger partial charge in [0.05, 0.1) is 20.8 Å². The van der Waals surface area contributed by atoms with E-state index in [1.165, 1.54) is 0 Å². The van der Waals surface area contributed by atoms with Crippen molar-refractivity contribution in [2.45, 2.75) is 19.5 Å². The van der Waals surface area contributed by atoms with E-state index >= 15 is 0 Å². The van der Waals surface area contributed by atoms with Crippen LogP contribution in [0, 0.1) is 0 Å². The third kappa shape index (κ3) is 3.72. The van der Waals surface area contributed by atoms with Gasteiger partial charge in [-0.15, -0.1) is 0 Å². The molecule has 0 unspecified atom stereocenters. The summed E-state index contributed by atoms with van der Waals surface area (Å²) in [5.41, 5.74) is 1.07. The van der Waals surface area contributed by atoms with Gasteiger partial charge in [0, 0.05) is 18.7 Å². The zero-order valence-electron chi connectivity index (χ0n) is 9.99. The number of aliphatic hydroxyl groups is 1. The Morgan fingerprint density at radius 1 is 1.19 bits per heavy atom. The van der Waals surface area contributed by atoms with Gasteiger partial charge in [0.15, 0.2) is 0 Å².